The quantitative estimate of drug-likeness (QED) is 0.550. The van der Waals surface area contributed by atoms with Crippen LogP contribution >= 0.6 is 0 Å². The first-order chi connectivity index (χ1) is 13.8. The van der Waals surface area contributed by atoms with E-state index in [2.05, 4.69) is 10.3 Å². The molecule has 0 radical (unpaired) electrons. The van der Waals surface area contributed by atoms with Crippen molar-refractivity contribution in [1.29, 1.82) is 0 Å². The largest absolute Gasteiger partial charge is 0.467 e. The van der Waals surface area contributed by atoms with Crippen molar-refractivity contribution < 1.29 is 14.3 Å². The maximum absolute atomic E-state index is 12.6. The number of carbonyl (C=O) groups excluding carboxylic acids is 2. The maximum Gasteiger partial charge on any atom is 0.332 e. The molecule has 0 saturated carbocycles. The van der Waals surface area contributed by atoms with Gasteiger partial charge in [0.2, 0.25) is 5.91 Å². The highest BCUT2D eigenvalue weighted by Crippen LogP contribution is 2.07. The predicted octanol–water partition coefficient (Wildman–Crippen LogP) is -0.666. The van der Waals surface area contributed by atoms with Crippen molar-refractivity contribution in [3.8, 4) is 0 Å². The van der Waals surface area contributed by atoms with Crippen molar-refractivity contribution in [3.05, 3.63) is 63.1 Å². The minimum atomic E-state index is -0.878. The lowest BCUT2D eigenvalue weighted by Crippen LogP contribution is -2.44. The minimum Gasteiger partial charge on any atom is -0.467 e. The van der Waals surface area contributed by atoms with E-state index in [-0.39, 0.29) is 24.1 Å². The monoisotopic (exact) mass is 399 g/mol. The molecule has 1 N–H and O–H groups in total. The molecule has 0 bridgehead atoms. The lowest BCUT2D eigenvalue weighted by atomic mass is 10.1. The number of carbonyl (C=O) groups is 2. The Bertz CT molecular complexity index is 1180. The van der Waals surface area contributed by atoms with Crippen molar-refractivity contribution in [3.63, 3.8) is 0 Å². The summed E-state index contributed by atoms with van der Waals surface area (Å²) in [6.07, 6.45) is 1.58. The standard InChI is InChI=1S/C19H21N5O5/c1-22-16-15(17(26)23(2)19(22)28)24(11-20-16)10-14(25)21-13(18(27)29-3)9-12-7-5-4-6-8-12/h4-8,11,13H,9-10H2,1-3H3,(H,21,25). The highest BCUT2D eigenvalue weighted by atomic mass is 16.5. The molecule has 0 saturated heterocycles. The third kappa shape index (κ3) is 3.96. The third-order valence-electron chi connectivity index (χ3n) is 4.63. The van der Waals surface area contributed by atoms with Crippen LogP contribution in [0.1, 0.15) is 5.56 Å². The first-order valence-electron chi connectivity index (χ1n) is 8.85. The van der Waals surface area contributed by atoms with Crippen LogP contribution in [0.15, 0.2) is 46.2 Å². The van der Waals surface area contributed by atoms with Gasteiger partial charge in [0.15, 0.2) is 11.2 Å². The molecule has 0 fully saturated rings. The number of methoxy groups -OCH3 is 1. The average Bonchev–Trinajstić information content (AvgIpc) is 3.13. The lowest BCUT2D eigenvalue weighted by molar-refractivity contribution is -0.145. The summed E-state index contributed by atoms with van der Waals surface area (Å²) >= 11 is 0. The van der Waals surface area contributed by atoms with Gasteiger partial charge in [0.1, 0.15) is 12.6 Å². The Kier molecular flexibility index (Phi) is 5.62. The Hall–Kier alpha value is -3.69. The van der Waals surface area contributed by atoms with Crippen LogP contribution in [-0.4, -0.2) is 43.7 Å². The molecule has 0 aliphatic rings. The molecule has 3 rings (SSSR count). The first kappa shape index (κ1) is 20.1. The molecule has 0 spiro atoms. The molecule has 3 aromatic rings. The molecule has 0 aliphatic heterocycles. The Morgan fingerprint density at radius 3 is 2.48 bits per heavy atom. The number of aryl methyl sites for hydroxylation is 1. The van der Waals surface area contributed by atoms with Crippen LogP contribution in [0.4, 0.5) is 0 Å². The highest BCUT2D eigenvalue weighted by molar-refractivity contribution is 5.85. The van der Waals surface area contributed by atoms with Gasteiger partial charge in [-0.1, -0.05) is 30.3 Å². The normalized spacial score (nSPS) is 12.0. The second kappa shape index (κ2) is 8.13. The second-order valence-corrected chi connectivity index (χ2v) is 6.58. The molecule has 1 amide bonds. The summed E-state index contributed by atoms with van der Waals surface area (Å²) in [6, 6.07) is 8.34. The van der Waals surface area contributed by atoms with Gasteiger partial charge >= 0.3 is 11.7 Å². The van der Waals surface area contributed by atoms with Crippen LogP contribution in [0.5, 0.6) is 0 Å². The van der Waals surface area contributed by atoms with Gasteiger partial charge < -0.3 is 14.6 Å². The van der Waals surface area contributed by atoms with E-state index in [9.17, 15) is 19.2 Å². The second-order valence-electron chi connectivity index (χ2n) is 6.58. The van der Waals surface area contributed by atoms with Gasteiger partial charge in [-0.3, -0.25) is 18.7 Å². The van der Waals surface area contributed by atoms with Crippen LogP contribution < -0.4 is 16.6 Å². The summed E-state index contributed by atoms with van der Waals surface area (Å²) < 4.78 is 8.32. The van der Waals surface area contributed by atoms with E-state index in [1.54, 1.807) is 0 Å². The molecule has 2 heterocycles. The molecule has 0 aliphatic carbocycles. The number of aromatic nitrogens is 4. The van der Waals surface area contributed by atoms with Crippen molar-refractivity contribution in [2.24, 2.45) is 14.1 Å². The Morgan fingerprint density at radius 1 is 1.14 bits per heavy atom. The summed E-state index contributed by atoms with van der Waals surface area (Å²) in [5.41, 5.74) is 0.107. The molecule has 10 heteroatoms. The molecule has 10 nitrogen and oxygen atoms in total. The van der Waals surface area contributed by atoms with Crippen LogP contribution in [0, 0.1) is 0 Å². The van der Waals surface area contributed by atoms with Crippen LogP contribution in [0.3, 0.4) is 0 Å². The average molecular weight is 399 g/mol. The van der Waals surface area contributed by atoms with Crippen LogP contribution in [0.2, 0.25) is 0 Å². The molecule has 29 heavy (non-hydrogen) atoms. The van der Waals surface area contributed by atoms with Crippen LogP contribution in [-0.2, 0) is 41.4 Å². The zero-order valence-electron chi connectivity index (χ0n) is 16.3. The van der Waals surface area contributed by atoms with Gasteiger partial charge in [0.25, 0.3) is 5.56 Å². The minimum absolute atomic E-state index is 0.127. The molecular weight excluding hydrogens is 378 g/mol. The van der Waals surface area contributed by atoms with E-state index in [1.165, 1.54) is 36.7 Å². The maximum atomic E-state index is 12.6. The Labute approximate surface area is 165 Å². The number of nitrogens with one attached hydrogen (secondary N) is 1. The van der Waals surface area contributed by atoms with E-state index in [0.29, 0.717) is 0 Å². The van der Waals surface area contributed by atoms with Gasteiger partial charge in [0, 0.05) is 20.5 Å². The highest BCUT2D eigenvalue weighted by Gasteiger charge is 2.23. The molecule has 2 aromatic heterocycles. The zero-order valence-corrected chi connectivity index (χ0v) is 16.3. The third-order valence-corrected chi connectivity index (χ3v) is 4.63. The smallest absolute Gasteiger partial charge is 0.332 e. The van der Waals surface area contributed by atoms with Gasteiger partial charge in [-0.05, 0) is 5.56 Å². The summed E-state index contributed by atoms with van der Waals surface area (Å²) in [6.45, 7) is -0.244. The number of amides is 1. The topological polar surface area (TPSA) is 117 Å². The number of fused-ring (bicyclic) bond motifs is 1. The van der Waals surface area contributed by atoms with Crippen molar-refractivity contribution in [2.75, 3.05) is 7.11 Å². The molecule has 152 valence electrons. The fraction of sp³-hybridized carbons (Fsp3) is 0.316. The lowest BCUT2D eigenvalue weighted by Gasteiger charge is -2.17. The van der Waals surface area contributed by atoms with Crippen molar-refractivity contribution in [1.82, 2.24) is 24.0 Å². The zero-order chi connectivity index (χ0) is 21.1. The fourth-order valence-electron chi connectivity index (χ4n) is 3.10. The summed E-state index contributed by atoms with van der Waals surface area (Å²) in [5, 5.41) is 2.64. The Morgan fingerprint density at radius 2 is 1.83 bits per heavy atom. The van der Waals surface area contributed by atoms with E-state index in [1.807, 2.05) is 30.3 Å². The number of rotatable bonds is 6. The van der Waals surface area contributed by atoms with E-state index < -0.39 is 29.2 Å². The number of esters is 1. The number of nitrogens with zero attached hydrogens (tertiary/aromatic N) is 4. The summed E-state index contributed by atoms with van der Waals surface area (Å²) in [5.74, 6) is -1.07. The van der Waals surface area contributed by atoms with Crippen molar-refractivity contribution >= 4 is 23.0 Å². The van der Waals surface area contributed by atoms with E-state index in [0.717, 1.165) is 10.1 Å². The van der Waals surface area contributed by atoms with Gasteiger partial charge in [-0.15, -0.1) is 0 Å². The van der Waals surface area contributed by atoms with Crippen molar-refractivity contribution in [2.45, 2.75) is 19.0 Å². The van der Waals surface area contributed by atoms with E-state index in [4.69, 9.17) is 4.74 Å². The SMILES string of the molecule is COC(=O)C(Cc1ccccc1)NC(=O)Cn1cnc2c1c(=O)n(C)c(=O)n2C. The molecule has 1 aromatic carbocycles. The number of ether oxygens (including phenoxy) is 1. The van der Waals surface area contributed by atoms with Gasteiger partial charge in [-0.25, -0.2) is 14.6 Å². The molecular formula is C19H21N5O5. The van der Waals surface area contributed by atoms with Crippen LogP contribution in [0.25, 0.3) is 11.2 Å². The summed E-state index contributed by atoms with van der Waals surface area (Å²) in [4.78, 5) is 53.2. The van der Waals surface area contributed by atoms with E-state index >= 15 is 0 Å². The number of hydrogen-bond acceptors (Lipinski definition) is 6. The number of benzene rings is 1. The fourth-order valence-corrected chi connectivity index (χ4v) is 3.10. The molecule has 1 atom stereocenters. The number of imidazole rings is 1. The predicted molar refractivity (Wildman–Crippen MR) is 104 cm³/mol. The summed E-state index contributed by atoms with van der Waals surface area (Å²) in [7, 11) is 4.10. The molecule has 1 unspecified atom stereocenters. The first-order valence-corrected chi connectivity index (χ1v) is 8.85. The van der Waals surface area contributed by atoms with Gasteiger partial charge in [-0.2, -0.15) is 0 Å². The Balaban J connectivity index is 1.84. The number of hydrogen-bond donors (Lipinski definition) is 1. The van der Waals surface area contributed by atoms with Gasteiger partial charge in [0.05, 0.1) is 13.4 Å².